The fourth-order valence-electron chi connectivity index (χ4n) is 3.85. The molecule has 26 heavy (non-hydrogen) atoms. The van der Waals surface area contributed by atoms with Crippen molar-refractivity contribution >= 4 is 22.6 Å². The minimum atomic E-state index is -0.0726. The number of nitrogens with one attached hydrogen (secondary N) is 2. The van der Waals surface area contributed by atoms with Crippen molar-refractivity contribution in [3.8, 4) is 0 Å². The third-order valence-electron chi connectivity index (χ3n) is 5.20. The van der Waals surface area contributed by atoms with E-state index in [-0.39, 0.29) is 29.5 Å². The molecule has 1 aliphatic carbocycles. The lowest BCUT2D eigenvalue weighted by molar-refractivity contribution is 0.0832. The number of para-hydroxylation sites is 1. The molecule has 6 nitrogen and oxygen atoms in total. The van der Waals surface area contributed by atoms with Crippen LogP contribution < -0.4 is 5.32 Å². The van der Waals surface area contributed by atoms with Crippen molar-refractivity contribution in [2.24, 2.45) is 5.92 Å². The zero-order valence-electron chi connectivity index (χ0n) is 14.6. The van der Waals surface area contributed by atoms with Crippen LogP contribution in [0.2, 0.25) is 0 Å². The molecule has 0 atom stereocenters. The van der Waals surface area contributed by atoms with Gasteiger partial charge in [0.15, 0.2) is 0 Å². The molecular formula is C20H21N3O3. The molecule has 6 heteroatoms. The molecule has 1 aromatic carbocycles. The van der Waals surface area contributed by atoms with Gasteiger partial charge < -0.3 is 14.7 Å². The predicted molar refractivity (Wildman–Crippen MR) is 97.1 cm³/mol. The maximum Gasteiger partial charge on any atom is 0.263 e. The number of aryl methyl sites for hydroxylation is 1. The minimum absolute atomic E-state index is 0.0350. The molecule has 134 valence electrons. The number of carbonyl (C=O) groups is 2. The third-order valence-corrected chi connectivity index (χ3v) is 5.20. The van der Waals surface area contributed by atoms with Gasteiger partial charge in [-0.25, -0.2) is 4.98 Å². The number of Topliss-reactive ketones (excluding diaryl/α,β-unsaturated/α-hetero) is 1. The molecule has 0 aliphatic heterocycles. The lowest BCUT2D eigenvalue weighted by Crippen LogP contribution is -2.39. The average molecular weight is 351 g/mol. The van der Waals surface area contributed by atoms with Crippen molar-refractivity contribution in [3.05, 3.63) is 53.9 Å². The summed E-state index contributed by atoms with van der Waals surface area (Å²) in [6.07, 6.45) is 5.94. The lowest BCUT2D eigenvalue weighted by atomic mass is 9.83. The quantitative estimate of drug-likeness (QED) is 0.703. The maximum absolute atomic E-state index is 12.8. The SMILES string of the molecule is Cc1[nH]c2ccccc2c1C(=O)N[C@H]1CC[C@H](C(=O)c2ncco2)CC1. The Balaban J connectivity index is 1.40. The predicted octanol–water partition coefficient (Wildman–Crippen LogP) is 3.64. The van der Waals surface area contributed by atoms with Crippen molar-refractivity contribution in [2.45, 2.75) is 38.6 Å². The van der Waals surface area contributed by atoms with E-state index in [4.69, 9.17) is 4.42 Å². The normalized spacial score (nSPS) is 20.2. The van der Waals surface area contributed by atoms with E-state index in [0.29, 0.717) is 5.56 Å². The van der Waals surface area contributed by atoms with E-state index in [1.165, 1.54) is 12.5 Å². The molecule has 2 N–H and O–H groups in total. The smallest absolute Gasteiger partial charge is 0.263 e. The third kappa shape index (κ3) is 3.03. The van der Waals surface area contributed by atoms with E-state index in [1.807, 2.05) is 31.2 Å². The second-order valence-corrected chi connectivity index (χ2v) is 6.89. The Morgan fingerprint density at radius 1 is 1.19 bits per heavy atom. The summed E-state index contributed by atoms with van der Waals surface area (Å²) in [4.78, 5) is 32.3. The van der Waals surface area contributed by atoms with E-state index < -0.39 is 0 Å². The van der Waals surface area contributed by atoms with Crippen LogP contribution in [0.5, 0.6) is 0 Å². The summed E-state index contributed by atoms with van der Waals surface area (Å²) >= 11 is 0. The van der Waals surface area contributed by atoms with Crippen molar-refractivity contribution in [2.75, 3.05) is 0 Å². The number of carbonyl (C=O) groups excluding carboxylic acids is 2. The molecule has 2 heterocycles. The highest BCUT2D eigenvalue weighted by molar-refractivity contribution is 6.08. The van der Waals surface area contributed by atoms with Gasteiger partial charge in [0.1, 0.15) is 6.26 Å². The van der Waals surface area contributed by atoms with Crippen molar-refractivity contribution < 1.29 is 14.0 Å². The summed E-state index contributed by atoms with van der Waals surface area (Å²) < 4.78 is 5.11. The molecule has 1 fully saturated rings. The maximum atomic E-state index is 12.8. The number of rotatable bonds is 4. The van der Waals surface area contributed by atoms with E-state index in [2.05, 4.69) is 15.3 Å². The average Bonchev–Trinajstić information content (AvgIpc) is 3.28. The molecule has 0 saturated heterocycles. The first kappa shape index (κ1) is 16.6. The van der Waals surface area contributed by atoms with Gasteiger partial charge in [-0.15, -0.1) is 0 Å². The van der Waals surface area contributed by atoms with Crippen molar-refractivity contribution in [1.82, 2.24) is 15.3 Å². The van der Waals surface area contributed by atoms with Crippen LogP contribution in [0.15, 0.2) is 41.1 Å². The Labute approximate surface area is 151 Å². The Bertz CT molecular complexity index is 935. The van der Waals surface area contributed by atoms with Gasteiger partial charge in [0.2, 0.25) is 5.78 Å². The van der Waals surface area contributed by atoms with Crippen LogP contribution in [0, 0.1) is 12.8 Å². The van der Waals surface area contributed by atoms with E-state index in [0.717, 1.165) is 42.3 Å². The second-order valence-electron chi connectivity index (χ2n) is 6.89. The molecule has 3 aromatic rings. The van der Waals surface area contributed by atoms with Crippen LogP contribution in [-0.4, -0.2) is 27.7 Å². The molecule has 0 bridgehead atoms. The number of hydrogen-bond donors (Lipinski definition) is 2. The largest absolute Gasteiger partial charge is 0.442 e. The molecule has 2 aromatic heterocycles. The summed E-state index contributed by atoms with van der Waals surface area (Å²) in [6.45, 7) is 1.92. The molecule has 0 unspecified atom stereocenters. The Hall–Kier alpha value is -2.89. The van der Waals surface area contributed by atoms with Gasteiger partial charge in [-0.1, -0.05) is 18.2 Å². The Kier molecular flexibility index (Phi) is 4.32. The van der Waals surface area contributed by atoms with E-state index >= 15 is 0 Å². The Morgan fingerprint density at radius 2 is 1.96 bits per heavy atom. The van der Waals surface area contributed by atoms with Crippen LogP contribution in [0.4, 0.5) is 0 Å². The highest BCUT2D eigenvalue weighted by Gasteiger charge is 2.30. The highest BCUT2D eigenvalue weighted by Crippen LogP contribution is 2.28. The number of ketones is 1. The van der Waals surface area contributed by atoms with Crippen LogP contribution in [0.25, 0.3) is 10.9 Å². The van der Waals surface area contributed by atoms with Gasteiger partial charge in [-0.3, -0.25) is 9.59 Å². The number of aromatic amines is 1. The summed E-state index contributed by atoms with van der Waals surface area (Å²) in [7, 11) is 0. The zero-order valence-corrected chi connectivity index (χ0v) is 14.6. The van der Waals surface area contributed by atoms with Gasteiger partial charge in [-0.05, 0) is 38.7 Å². The fourth-order valence-corrected chi connectivity index (χ4v) is 3.85. The number of hydrogen-bond acceptors (Lipinski definition) is 4. The molecular weight excluding hydrogens is 330 g/mol. The van der Waals surface area contributed by atoms with E-state index in [9.17, 15) is 9.59 Å². The first-order chi connectivity index (χ1) is 12.6. The van der Waals surface area contributed by atoms with Crippen molar-refractivity contribution in [3.63, 3.8) is 0 Å². The minimum Gasteiger partial charge on any atom is -0.442 e. The monoisotopic (exact) mass is 351 g/mol. The van der Waals surface area contributed by atoms with Crippen LogP contribution in [-0.2, 0) is 0 Å². The molecule has 0 radical (unpaired) electrons. The standard InChI is InChI=1S/C20H21N3O3/c1-12-17(15-4-2-3-5-16(15)22-12)19(25)23-14-8-6-13(7-9-14)18(24)20-21-10-11-26-20/h2-5,10-11,13-14,22H,6-9H2,1H3,(H,23,25)/t13-,14-. The number of oxazole rings is 1. The van der Waals surface area contributed by atoms with Crippen LogP contribution >= 0.6 is 0 Å². The number of amides is 1. The first-order valence-corrected chi connectivity index (χ1v) is 8.95. The summed E-state index contributed by atoms with van der Waals surface area (Å²) in [5.74, 6) is 0.0261. The Morgan fingerprint density at radius 3 is 2.69 bits per heavy atom. The molecule has 1 aliphatic rings. The fraction of sp³-hybridized carbons (Fsp3) is 0.350. The first-order valence-electron chi connectivity index (χ1n) is 8.95. The summed E-state index contributed by atoms with van der Waals surface area (Å²) in [6, 6.07) is 7.90. The van der Waals surface area contributed by atoms with Crippen LogP contribution in [0.3, 0.4) is 0 Å². The number of nitrogens with zero attached hydrogens (tertiary/aromatic N) is 1. The summed E-state index contributed by atoms with van der Waals surface area (Å²) in [5.41, 5.74) is 2.55. The van der Waals surface area contributed by atoms with Gasteiger partial charge in [0.25, 0.3) is 11.8 Å². The lowest BCUT2D eigenvalue weighted by Gasteiger charge is -2.27. The number of H-pyrrole nitrogens is 1. The van der Waals surface area contributed by atoms with Gasteiger partial charge >= 0.3 is 0 Å². The van der Waals surface area contributed by atoms with Gasteiger partial charge in [-0.2, -0.15) is 0 Å². The molecule has 1 amide bonds. The van der Waals surface area contributed by atoms with Crippen LogP contribution in [0.1, 0.15) is 52.4 Å². The number of fused-ring (bicyclic) bond motifs is 1. The van der Waals surface area contributed by atoms with Gasteiger partial charge in [0.05, 0.1) is 11.8 Å². The van der Waals surface area contributed by atoms with Crippen molar-refractivity contribution in [1.29, 1.82) is 0 Å². The number of benzene rings is 1. The molecule has 0 spiro atoms. The van der Waals surface area contributed by atoms with Gasteiger partial charge in [0, 0.05) is 28.6 Å². The molecule has 1 saturated carbocycles. The van der Waals surface area contributed by atoms with E-state index in [1.54, 1.807) is 0 Å². The topological polar surface area (TPSA) is 88.0 Å². The second kappa shape index (κ2) is 6.78. The highest BCUT2D eigenvalue weighted by atomic mass is 16.3. The zero-order chi connectivity index (χ0) is 18.1. The number of aromatic nitrogens is 2. The summed E-state index contributed by atoms with van der Waals surface area (Å²) in [5, 5.41) is 4.08. The molecule has 4 rings (SSSR count).